The first-order chi connectivity index (χ1) is 10.3. The minimum atomic E-state index is -4.63. The predicted molar refractivity (Wildman–Crippen MR) is 73.0 cm³/mol. The molecule has 0 aliphatic carbocycles. The molecule has 2 rings (SSSR count). The summed E-state index contributed by atoms with van der Waals surface area (Å²) in [6, 6.07) is 4.07. The molecule has 0 radical (unpaired) electrons. The number of nitrogens with one attached hydrogen (secondary N) is 2. The minimum absolute atomic E-state index is 0.190. The maximum absolute atomic E-state index is 13.5. The molecule has 0 bridgehead atoms. The van der Waals surface area contributed by atoms with E-state index in [1.807, 2.05) is 5.32 Å². The van der Waals surface area contributed by atoms with E-state index < -0.39 is 29.3 Å². The zero-order valence-corrected chi connectivity index (χ0v) is 11.3. The molecular weight excluding hydrogens is 302 g/mol. The Morgan fingerprint density at radius 1 is 1.14 bits per heavy atom. The van der Waals surface area contributed by atoms with Gasteiger partial charge in [0.25, 0.3) is 0 Å². The second-order valence-corrected chi connectivity index (χ2v) is 4.49. The quantitative estimate of drug-likeness (QED) is 0.817. The summed E-state index contributed by atoms with van der Waals surface area (Å²) in [7, 11) is 0. The van der Waals surface area contributed by atoms with Crippen LogP contribution in [-0.4, -0.2) is 11.0 Å². The highest BCUT2D eigenvalue weighted by atomic mass is 19.4. The molecule has 0 spiro atoms. The van der Waals surface area contributed by atoms with E-state index in [2.05, 4.69) is 10.3 Å². The fraction of sp³-hybridized carbons (Fsp3) is 0.143. The van der Waals surface area contributed by atoms with Crippen molar-refractivity contribution < 1.29 is 22.4 Å². The summed E-state index contributed by atoms with van der Waals surface area (Å²) >= 11 is 0. The number of aryl methyl sites for hydroxylation is 1. The van der Waals surface area contributed by atoms with E-state index in [0.29, 0.717) is 18.2 Å². The fourth-order valence-electron chi connectivity index (χ4n) is 1.61. The number of urea groups is 1. The number of amides is 2. The summed E-state index contributed by atoms with van der Waals surface area (Å²) < 4.78 is 51.2. The number of hydrogen-bond acceptors (Lipinski definition) is 2. The van der Waals surface area contributed by atoms with Crippen LogP contribution < -0.4 is 10.6 Å². The Morgan fingerprint density at radius 2 is 1.86 bits per heavy atom. The van der Waals surface area contributed by atoms with Gasteiger partial charge in [-0.05, 0) is 36.8 Å². The van der Waals surface area contributed by atoms with E-state index in [9.17, 15) is 22.4 Å². The van der Waals surface area contributed by atoms with E-state index in [1.54, 1.807) is 13.0 Å². The molecule has 0 fully saturated rings. The molecule has 1 aromatic carbocycles. The van der Waals surface area contributed by atoms with Gasteiger partial charge in [0, 0.05) is 6.20 Å². The summed E-state index contributed by atoms with van der Waals surface area (Å²) in [4.78, 5) is 15.6. The fourth-order valence-corrected chi connectivity index (χ4v) is 1.61. The van der Waals surface area contributed by atoms with Crippen molar-refractivity contribution in [3.63, 3.8) is 0 Å². The number of alkyl halides is 3. The van der Waals surface area contributed by atoms with Gasteiger partial charge in [0.1, 0.15) is 11.6 Å². The number of pyridine rings is 1. The number of aromatic nitrogens is 1. The van der Waals surface area contributed by atoms with Gasteiger partial charge in [0.15, 0.2) is 0 Å². The second-order valence-electron chi connectivity index (χ2n) is 4.49. The molecule has 2 aromatic rings. The molecule has 1 aromatic heterocycles. The molecule has 4 nitrogen and oxygen atoms in total. The van der Waals surface area contributed by atoms with Crippen LogP contribution in [0.2, 0.25) is 0 Å². The molecule has 0 saturated carbocycles. The largest absolute Gasteiger partial charge is 0.416 e. The average Bonchev–Trinajstić information content (AvgIpc) is 2.42. The topological polar surface area (TPSA) is 54.0 Å². The van der Waals surface area contributed by atoms with Crippen LogP contribution in [0.15, 0.2) is 36.5 Å². The number of rotatable bonds is 2. The lowest BCUT2D eigenvalue weighted by Gasteiger charge is -2.11. The van der Waals surface area contributed by atoms with Crippen LogP contribution in [0.1, 0.15) is 11.1 Å². The molecule has 0 saturated heterocycles. The first-order valence-electron chi connectivity index (χ1n) is 6.13. The van der Waals surface area contributed by atoms with Gasteiger partial charge >= 0.3 is 12.2 Å². The van der Waals surface area contributed by atoms with E-state index in [0.717, 1.165) is 5.56 Å². The number of anilines is 2. The second kappa shape index (κ2) is 6.00. The zero-order valence-electron chi connectivity index (χ0n) is 11.3. The molecule has 0 atom stereocenters. The van der Waals surface area contributed by atoms with Crippen molar-refractivity contribution in [2.45, 2.75) is 13.1 Å². The summed E-state index contributed by atoms with van der Waals surface area (Å²) in [5.74, 6) is -0.782. The molecule has 2 amide bonds. The first-order valence-corrected chi connectivity index (χ1v) is 6.13. The molecule has 0 aliphatic rings. The van der Waals surface area contributed by atoms with Gasteiger partial charge in [0.2, 0.25) is 0 Å². The summed E-state index contributed by atoms with van der Waals surface area (Å²) in [5.41, 5.74) is -0.757. The van der Waals surface area contributed by atoms with Gasteiger partial charge in [-0.15, -0.1) is 0 Å². The highest BCUT2D eigenvalue weighted by Crippen LogP contribution is 2.31. The van der Waals surface area contributed by atoms with Crippen molar-refractivity contribution in [2.24, 2.45) is 0 Å². The van der Waals surface area contributed by atoms with Crippen molar-refractivity contribution >= 4 is 17.5 Å². The van der Waals surface area contributed by atoms with Crippen LogP contribution in [0.3, 0.4) is 0 Å². The Bertz CT molecular complexity index is 683. The van der Waals surface area contributed by atoms with Gasteiger partial charge in [-0.3, -0.25) is 5.32 Å². The Labute approximate surface area is 123 Å². The number of halogens is 4. The van der Waals surface area contributed by atoms with Crippen LogP contribution in [-0.2, 0) is 6.18 Å². The van der Waals surface area contributed by atoms with Gasteiger partial charge in [-0.2, -0.15) is 13.2 Å². The molecule has 1 heterocycles. The van der Waals surface area contributed by atoms with E-state index in [4.69, 9.17) is 0 Å². The van der Waals surface area contributed by atoms with Crippen LogP contribution in [0.5, 0.6) is 0 Å². The number of hydrogen-bond donors (Lipinski definition) is 2. The molecule has 116 valence electrons. The maximum Gasteiger partial charge on any atom is 0.416 e. The van der Waals surface area contributed by atoms with E-state index in [-0.39, 0.29) is 5.82 Å². The summed E-state index contributed by atoms with van der Waals surface area (Å²) in [5, 5.41) is 4.31. The molecule has 0 unspecified atom stereocenters. The zero-order chi connectivity index (χ0) is 16.3. The van der Waals surface area contributed by atoms with Crippen molar-refractivity contribution in [2.75, 3.05) is 10.6 Å². The van der Waals surface area contributed by atoms with Gasteiger partial charge in [0.05, 0.1) is 11.3 Å². The monoisotopic (exact) mass is 313 g/mol. The molecule has 22 heavy (non-hydrogen) atoms. The van der Waals surface area contributed by atoms with Gasteiger partial charge in [-0.25, -0.2) is 14.2 Å². The number of carbonyl (C=O) groups is 1. The Hall–Kier alpha value is -2.64. The third-order valence-corrected chi connectivity index (χ3v) is 2.69. The van der Waals surface area contributed by atoms with Crippen molar-refractivity contribution in [3.8, 4) is 0 Å². The van der Waals surface area contributed by atoms with Crippen molar-refractivity contribution in [1.29, 1.82) is 0 Å². The van der Waals surface area contributed by atoms with Crippen LogP contribution in [0.25, 0.3) is 0 Å². The van der Waals surface area contributed by atoms with E-state index >= 15 is 0 Å². The smallest absolute Gasteiger partial charge is 0.305 e. The average molecular weight is 313 g/mol. The van der Waals surface area contributed by atoms with E-state index in [1.165, 1.54) is 12.3 Å². The SMILES string of the molecule is Cc1ccc(NC(=O)Nc2cc(C(F)(F)F)ccc2F)nc1. The Kier molecular flexibility index (Phi) is 4.30. The van der Waals surface area contributed by atoms with Crippen LogP contribution >= 0.6 is 0 Å². The minimum Gasteiger partial charge on any atom is -0.305 e. The lowest BCUT2D eigenvalue weighted by molar-refractivity contribution is -0.137. The standard InChI is InChI=1S/C14H11F4N3O/c1-8-2-5-12(19-7-8)21-13(22)20-11-6-9(14(16,17)18)3-4-10(11)15/h2-7H,1H3,(H2,19,20,21,22). The number of nitrogens with zero attached hydrogens (tertiary/aromatic N) is 1. The highest BCUT2D eigenvalue weighted by Gasteiger charge is 2.31. The normalized spacial score (nSPS) is 11.1. The van der Waals surface area contributed by atoms with Crippen LogP contribution in [0.4, 0.5) is 33.9 Å². The van der Waals surface area contributed by atoms with Crippen molar-refractivity contribution in [1.82, 2.24) is 4.98 Å². The third kappa shape index (κ3) is 3.94. The van der Waals surface area contributed by atoms with Gasteiger partial charge in [-0.1, -0.05) is 6.07 Å². The van der Waals surface area contributed by atoms with Gasteiger partial charge < -0.3 is 5.32 Å². The highest BCUT2D eigenvalue weighted by molar-refractivity contribution is 5.99. The maximum atomic E-state index is 13.5. The lowest BCUT2D eigenvalue weighted by atomic mass is 10.2. The Balaban J connectivity index is 2.12. The third-order valence-electron chi connectivity index (χ3n) is 2.69. The summed E-state index contributed by atoms with van der Waals surface area (Å²) in [6.07, 6.45) is -3.13. The molecular formula is C14H11F4N3O. The van der Waals surface area contributed by atoms with Crippen LogP contribution in [0, 0.1) is 12.7 Å². The summed E-state index contributed by atoms with van der Waals surface area (Å²) in [6.45, 7) is 1.80. The molecule has 8 heteroatoms. The number of benzene rings is 1. The van der Waals surface area contributed by atoms with Crippen molar-refractivity contribution in [3.05, 3.63) is 53.5 Å². The Morgan fingerprint density at radius 3 is 2.45 bits per heavy atom. The molecule has 2 N–H and O–H groups in total. The number of carbonyl (C=O) groups excluding carboxylic acids is 1. The first kappa shape index (κ1) is 15.7. The molecule has 0 aliphatic heterocycles. The predicted octanol–water partition coefficient (Wildman–Crippen LogP) is 4.19. The lowest BCUT2D eigenvalue weighted by Crippen LogP contribution is -2.21.